The van der Waals surface area contributed by atoms with Crippen LogP contribution in [0.1, 0.15) is 30.6 Å². The van der Waals surface area contributed by atoms with Gasteiger partial charge in [-0.05, 0) is 36.3 Å². The summed E-state index contributed by atoms with van der Waals surface area (Å²) in [6.45, 7) is 0. The van der Waals surface area contributed by atoms with Crippen LogP contribution in [-0.2, 0) is 0 Å². The summed E-state index contributed by atoms with van der Waals surface area (Å²) >= 11 is 7.97. The van der Waals surface area contributed by atoms with Crippen molar-refractivity contribution < 1.29 is 0 Å². The maximum absolute atomic E-state index is 6.16. The Labute approximate surface area is 88.2 Å². The smallest absolute Gasteiger partial charge is 0.0522 e. The van der Waals surface area contributed by atoms with Crippen molar-refractivity contribution in [2.75, 3.05) is 0 Å². The van der Waals surface area contributed by atoms with E-state index in [0.29, 0.717) is 0 Å². The van der Waals surface area contributed by atoms with E-state index in [-0.39, 0.29) is 5.38 Å². The van der Waals surface area contributed by atoms with Crippen LogP contribution in [0.15, 0.2) is 23.6 Å². The molecule has 1 heterocycles. The fourth-order valence-corrected chi connectivity index (χ4v) is 2.80. The van der Waals surface area contributed by atoms with Crippen LogP contribution < -0.4 is 0 Å². The molecular formula is C11H13ClS. The van der Waals surface area contributed by atoms with Crippen molar-refractivity contribution in [3.63, 3.8) is 0 Å². The zero-order valence-electron chi connectivity index (χ0n) is 7.50. The molecule has 0 spiro atoms. The molecule has 1 aromatic rings. The van der Waals surface area contributed by atoms with Crippen molar-refractivity contribution >= 4 is 28.5 Å². The van der Waals surface area contributed by atoms with Crippen LogP contribution in [0, 0.1) is 0 Å². The third-order valence-electron chi connectivity index (χ3n) is 2.40. The molecule has 0 saturated carbocycles. The van der Waals surface area contributed by atoms with Crippen LogP contribution in [0.3, 0.4) is 0 Å². The third kappa shape index (κ3) is 2.35. The molecule has 2 heteroatoms. The molecular weight excluding hydrogens is 200 g/mol. The standard InChI is InChI=1S/C11H13ClS/c12-10-5-2-1-4-9(8-10)11-6-3-7-13-11/h3,6-8,10H,1-2,4-5H2. The van der Waals surface area contributed by atoms with Gasteiger partial charge in [0.05, 0.1) is 5.38 Å². The Morgan fingerprint density at radius 1 is 1.38 bits per heavy atom. The Bertz CT molecular complexity index is 287. The molecule has 0 aromatic carbocycles. The SMILES string of the molecule is ClC1C=C(c2cccs2)CCCC1. The van der Waals surface area contributed by atoms with Gasteiger partial charge < -0.3 is 0 Å². The van der Waals surface area contributed by atoms with Crippen LogP contribution in [0.5, 0.6) is 0 Å². The Balaban J connectivity index is 2.21. The summed E-state index contributed by atoms with van der Waals surface area (Å²) in [5.74, 6) is 0. The normalized spacial score (nSPS) is 23.8. The van der Waals surface area contributed by atoms with Gasteiger partial charge in [0.25, 0.3) is 0 Å². The number of hydrogen-bond acceptors (Lipinski definition) is 1. The molecule has 1 aliphatic carbocycles. The van der Waals surface area contributed by atoms with Crippen molar-refractivity contribution in [3.05, 3.63) is 28.5 Å². The van der Waals surface area contributed by atoms with E-state index in [0.717, 1.165) is 6.42 Å². The number of allylic oxidation sites excluding steroid dienone is 2. The second-order valence-corrected chi connectivity index (χ2v) is 4.94. The Morgan fingerprint density at radius 3 is 3.08 bits per heavy atom. The second kappa shape index (κ2) is 4.30. The van der Waals surface area contributed by atoms with E-state index >= 15 is 0 Å². The van der Waals surface area contributed by atoms with Crippen LogP contribution >= 0.6 is 22.9 Å². The molecule has 0 bridgehead atoms. The van der Waals surface area contributed by atoms with E-state index in [4.69, 9.17) is 11.6 Å². The minimum absolute atomic E-state index is 0.250. The highest BCUT2D eigenvalue weighted by Crippen LogP contribution is 2.30. The average Bonchev–Trinajstić information content (AvgIpc) is 2.56. The van der Waals surface area contributed by atoms with Gasteiger partial charge in [-0.2, -0.15) is 0 Å². The first-order chi connectivity index (χ1) is 6.36. The number of alkyl halides is 1. The summed E-state index contributed by atoms with van der Waals surface area (Å²) in [6, 6.07) is 4.29. The van der Waals surface area contributed by atoms with Crippen LogP contribution in [0.2, 0.25) is 0 Å². The van der Waals surface area contributed by atoms with Gasteiger partial charge in [-0.25, -0.2) is 0 Å². The maximum atomic E-state index is 6.16. The van der Waals surface area contributed by atoms with Gasteiger partial charge in [-0.1, -0.05) is 18.6 Å². The molecule has 13 heavy (non-hydrogen) atoms. The second-order valence-electron chi connectivity index (χ2n) is 3.43. The maximum Gasteiger partial charge on any atom is 0.0522 e. The van der Waals surface area contributed by atoms with Gasteiger partial charge in [-0.15, -0.1) is 22.9 Å². The van der Waals surface area contributed by atoms with Crippen molar-refractivity contribution in [2.45, 2.75) is 31.1 Å². The van der Waals surface area contributed by atoms with Crippen LogP contribution in [0.4, 0.5) is 0 Å². The lowest BCUT2D eigenvalue weighted by Gasteiger charge is -2.01. The number of rotatable bonds is 1. The zero-order valence-corrected chi connectivity index (χ0v) is 9.07. The first-order valence-corrected chi connectivity index (χ1v) is 6.06. The molecule has 0 radical (unpaired) electrons. The van der Waals surface area contributed by atoms with E-state index in [9.17, 15) is 0 Å². The van der Waals surface area contributed by atoms with Gasteiger partial charge in [0, 0.05) is 4.88 Å². The monoisotopic (exact) mass is 212 g/mol. The van der Waals surface area contributed by atoms with E-state index in [1.54, 1.807) is 0 Å². The fraction of sp³-hybridized carbons (Fsp3) is 0.455. The lowest BCUT2D eigenvalue weighted by atomic mass is 10.1. The highest BCUT2D eigenvalue weighted by molar-refractivity contribution is 7.11. The lowest BCUT2D eigenvalue weighted by Crippen LogP contribution is -1.90. The summed E-state index contributed by atoms with van der Waals surface area (Å²) in [7, 11) is 0. The molecule has 0 saturated heterocycles. The molecule has 1 atom stereocenters. The summed E-state index contributed by atoms with van der Waals surface area (Å²) < 4.78 is 0. The molecule has 1 unspecified atom stereocenters. The zero-order chi connectivity index (χ0) is 9.10. The van der Waals surface area contributed by atoms with Crippen molar-refractivity contribution in [1.29, 1.82) is 0 Å². The molecule has 1 aromatic heterocycles. The van der Waals surface area contributed by atoms with E-state index in [1.165, 1.54) is 29.7 Å². The fourth-order valence-electron chi connectivity index (χ4n) is 1.71. The minimum atomic E-state index is 0.250. The quantitative estimate of drug-likeness (QED) is 0.609. The van der Waals surface area contributed by atoms with Gasteiger partial charge in [-0.3, -0.25) is 0 Å². The summed E-state index contributed by atoms with van der Waals surface area (Å²) in [6.07, 6.45) is 7.12. The predicted molar refractivity (Wildman–Crippen MR) is 60.4 cm³/mol. The summed E-state index contributed by atoms with van der Waals surface area (Å²) in [5, 5.41) is 2.38. The first-order valence-electron chi connectivity index (χ1n) is 4.75. The van der Waals surface area contributed by atoms with Crippen molar-refractivity contribution in [2.24, 2.45) is 0 Å². The molecule has 0 fully saturated rings. The largest absolute Gasteiger partial charge is 0.144 e. The van der Waals surface area contributed by atoms with E-state index in [1.807, 2.05) is 11.3 Å². The predicted octanol–water partition coefficient (Wildman–Crippen LogP) is 4.31. The van der Waals surface area contributed by atoms with Gasteiger partial charge >= 0.3 is 0 Å². The molecule has 0 nitrogen and oxygen atoms in total. The van der Waals surface area contributed by atoms with E-state index in [2.05, 4.69) is 23.6 Å². The molecule has 0 amide bonds. The highest BCUT2D eigenvalue weighted by atomic mass is 35.5. The Morgan fingerprint density at radius 2 is 2.31 bits per heavy atom. The van der Waals surface area contributed by atoms with Crippen molar-refractivity contribution in [3.8, 4) is 0 Å². The van der Waals surface area contributed by atoms with Gasteiger partial charge in [0.15, 0.2) is 0 Å². The molecule has 70 valence electrons. The summed E-state index contributed by atoms with van der Waals surface area (Å²) in [5.41, 5.74) is 1.45. The van der Waals surface area contributed by atoms with Crippen molar-refractivity contribution in [1.82, 2.24) is 0 Å². The van der Waals surface area contributed by atoms with E-state index < -0.39 is 0 Å². The molecule has 1 aliphatic rings. The van der Waals surface area contributed by atoms with Gasteiger partial charge in [0.2, 0.25) is 0 Å². The van der Waals surface area contributed by atoms with Gasteiger partial charge in [0.1, 0.15) is 0 Å². The number of halogens is 1. The highest BCUT2D eigenvalue weighted by Gasteiger charge is 2.11. The summed E-state index contributed by atoms with van der Waals surface area (Å²) in [4.78, 5) is 1.40. The molecule has 0 aliphatic heterocycles. The average molecular weight is 213 g/mol. The first kappa shape index (κ1) is 9.29. The molecule has 0 N–H and O–H groups in total. The lowest BCUT2D eigenvalue weighted by molar-refractivity contribution is 0.724. The van der Waals surface area contributed by atoms with Crippen LogP contribution in [-0.4, -0.2) is 5.38 Å². The number of thiophene rings is 1. The van der Waals surface area contributed by atoms with Crippen LogP contribution in [0.25, 0.3) is 5.57 Å². The number of hydrogen-bond donors (Lipinski definition) is 0. The Hall–Kier alpha value is -0.270. The minimum Gasteiger partial charge on any atom is -0.144 e. The third-order valence-corrected chi connectivity index (χ3v) is 3.69. The Kier molecular flexibility index (Phi) is 3.07. The topological polar surface area (TPSA) is 0 Å². The molecule has 2 rings (SSSR count).